The Hall–Kier alpha value is -4.49. The quantitative estimate of drug-likeness (QED) is 0.600. The van der Waals surface area contributed by atoms with Gasteiger partial charge in [-0.2, -0.15) is 5.26 Å². The summed E-state index contributed by atoms with van der Waals surface area (Å²) in [5.74, 6) is -1.73. The van der Waals surface area contributed by atoms with Crippen molar-refractivity contribution in [2.24, 2.45) is 5.73 Å². The maximum Gasteiger partial charge on any atom is 0.355 e. The van der Waals surface area contributed by atoms with Crippen LogP contribution in [-0.2, 0) is 23.8 Å². The van der Waals surface area contributed by atoms with Crippen LogP contribution in [0.15, 0.2) is 71.2 Å². The second kappa shape index (κ2) is 10.4. The molecule has 2 aliphatic heterocycles. The molecule has 0 bridgehead atoms. The molecule has 2 aromatic carbocycles. The number of hydrogen-bond donors (Lipinski definition) is 1. The molecular formula is C26H25N3O7. The summed E-state index contributed by atoms with van der Waals surface area (Å²) in [5, 5.41) is 10.1. The summed E-state index contributed by atoms with van der Waals surface area (Å²) >= 11 is 0. The standard InChI is InChI=1S/C26H25N3O7/c1-32-13-17-14-35-19-10-9-16(11-20(19)36-17)29-23(26(31)34-3)22(25(30)33-2)21(18(12-27)24(29)28)15-7-5-4-6-8-15/h4-11,17,21H,13-14,28H2,1-3H3. The van der Waals surface area contributed by atoms with Crippen LogP contribution in [0.4, 0.5) is 5.69 Å². The zero-order valence-electron chi connectivity index (χ0n) is 20.0. The van der Waals surface area contributed by atoms with E-state index in [2.05, 4.69) is 6.07 Å². The van der Waals surface area contributed by atoms with Crippen LogP contribution in [-0.4, -0.2) is 52.6 Å². The first-order valence-corrected chi connectivity index (χ1v) is 11.0. The predicted molar refractivity (Wildman–Crippen MR) is 128 cm³/mol. The van der Waals surface area contributed by atoms with Gasteiger partial charge in [0.1, 0.15) is 18.1 Å². The highest BCUT2D eigenvalue weighted by molar-refractivity contribution is 6.06. The number of carbonyl (C=O) groups is 2. The van der Waals surface area contributed by atoms with Crippen molar-refractivity contribution in [3.8, 4) is 17.6 Å². The number of nitrogens with two attached hydrogens (primary N) is 1. The van der Waals surface area contributed by atoms with E-state index in [-0.39, 0.29) is 28.8 Å². The first-order chi connectivity index (χ1) is 17.4. The number of carbonyl (C=O) groups excluding carboxylic acids is 2. The molecule has 2 aromatic rings. The van der Waals surface area contributed by atoms with Gasteiger partial charge in [0.15, 0.2) is 17.6 Å². The molecule has 2 N–H and O–H groups in total. The van der Waals surface area contributed by atoms with Crippen LogP contribution in [0.3, 0.4) is 0 Å². The van der Waals surface area contributed by atoms with Crippen LogP contribution in [0.5, 0.6) is 11.5 Å². The van der Waals surface area contributed by atoms with Gasteiger partial charge in [-0.3, -0.25) is 4.90 Å². The summed E-state index contributed by atoms with van der Waals surface area (Å²) in [6.45, 7) is 0.621. The van der Waals surface area contributed by atoms with Gasteiger partial charge in [0.05, 0.1) is 49.6 Å². The second-order valence-electron chi connectivity index (χ2n) is 7.97. The SMILES string of the molecule is COCC1COc2ccc(N3C(N)=C(C#N)C(c4ccccc4)C(C(=O)OC)=C3C(=O)OC)cc2O1. The van der Waals surface area contributed by atoms with Crippen molar-refractivity contribution in [3.63, 3.8) is 0 Å². The summed E-state index contributed by atoms with van der Waals surface area (Å²) in [4.78, 5) is 27.6. The van der Waals surface area contributed by atoms with Crippen LogP contribution in [0.2, 0.25) is 0 Å². The Balaban J connectivity index is 1.95. The van der Waals surface area contributed by atoms with Crippen LogP contribution in [0.25, 0.3) is 0 Å². The van der Waals surface area contributed by atoms with E-state index in [0.717, 1.165) is 0 Å². The number of benzene rings is 2. The molecule has 0 fully saturated rings. The van der Waals surface area contributed by atoms with Crippen LogP contribution >= 0.6 is 0 Å². The van der Waals surface area contributed by atoms with E-state index in [1.54, 1.807) is 55.6 Å². The molecular weight excluding hydrogens is 466 g/mol. The van der Waals surface area contributed by atoms with Gasteiger partial charge in [-0.1, -0.05) is 30.3 Å². The molecule has 2 unspecified atom stereocenters. The normalized spacial score (nSPS) is 19.0. The molecule has 0 spiro atoms. The Morgan fingerprint density at radius 2 is 1.81 bits per heavy atom. The first kappa shape index (κ1) is 24.6. The Labute approximate surface area is 208 Å². The maximum atomic E-state index is 13.2. The van der Waals surface area contributed by atoms with Gasteiger partial charge in [-0.05, 0) is 17.7 Å². The lowest BCUT2D eigenvalue weighted by Gasteiger charge is -2.36. The topological polar surface area (TPSA) is 133 Å². The fraction of sp³-hybridized carbons (Fsp3) is 0.269. The lowest BCUT2D eigenvalue weighted by atomic mass is 9.81. The van der Waals surface area contributed by atoms with E-state index in [1.165, 1.54) is 19.1 Å². The molecule has 0 saturated heterocycles. The average molecular weight is 492 g/mol. The minimum absolute atomic E-state index is 0.0375. The molecule has 0 radical (unpaired) electrons. The number of anilines is 1. The fourth-order valence-corrected chi connectivity index (χ4v) is 4.29. The lowest BCUT2D eigenvalue weighted by Crippen LogP contribution is -2.41. The fourth-order valence-electron chi connectivity index (χ4n) is 4.29. The molecule has 0 aliphatic carbocycles. The molecule has 10 nitrogen and oxygen atoms in total. The van der Waals surface area contributed by atoms with E-state index in [4.69, 9.17) is 29.4 Å². The van der Waals surface area contributed by atoms with Crippen LogP contribution < -0.4 is 20.1 Å². The molecule has 0 aromatic heterocycles. The van der Waals surface area contributed by atoms with Crippen molar-refractivity contribution < 1.29 is 33.3 Å². The second-order valence-corrected chi connectivity index (χ2v) is 7.97. The third-order valence-electron chi connectivity index (χ3n) is 5.87. The Morgan fingerprint density at radius 1 is 1.08 bits per heavy atom. The summed E-state index contributed by atoms with van der Waals surface area (Å²) < 4.78 is 27.0. The third kappa shape index (κ3) is 4.32. The summed E-state index contributed by atoms with van der Waals surface area (Å²) in [6, 6.07) is 15.8. The zero-order valence-corrected chi connectivity index (χ0v) is 20.0. The summed E-state index contributed by atoms with van der Waals surface area (Å²) in [7, 11) is 3.95. The highest BCUT2D eigenvalue weighted by atomic mass is 16.6. The van der Waals surface area contributed by atoms with E-state index < -0.39 is 17.9 Å². The van der Waals surface area contributed by atoms with E-state index >= 15 is 0 Å². The van der Waals surface area contributed by atoms with E-state index in [0.29, 0.717) is 36.0 Å². The van der Waals surface area contributed by atoms with Crippen molar-refractivity contribution in [2.45, 2.75) is 12.0 Å². The van der Waals surface area contributed by atoms with Gasteiger partial charge in [-0.25, -0.2) is 9.59 Å². The minimum Gasteiger partial charge on any atom is -0.486 e. The molecule has 10 heteroatoms. The number of ether oxygens (including phenoxy) is 5. The van der Waals surface area contributed by atoms with Gasteiger partial charge >= 0.3 is 11.9 Å². The van der Waals surface area contributed by atoms with Crippen molar-refractivity contribution in [1.82, 2.24) is 0 Å². The number of nitrogens with zero attached hydrogens (tertiary/aromatic N) is 2. The zero-order chi connectivity index (χ0) is 25.8. The predicted octanol–water partition coefficient (Wildman–Crippen LogP) is 2.37. The lowest BCUT2D eigenvalue weighted by molar-refractivity contribution is -0.139. The highest BCUT2D eigenvalue weighted by Crippen LogP contribution is 2.45. The highest BCUT2D eigenvalue weighted by Gasteiger charge is 2.43. The van der Waals surface area contributed by atoms with E-state index in [9.17, 15) is 14.9 Å². The van der Waals surface area contributed by atoms with Gasteiger partial charge in [-0.15, -0.1) is 0 Å². The smallest absolute Gasteiger partial charge is 0.355 e. The number of rotatable bonds is 6. The van der Waals surface area contributed by atoms with Crippen molar-refractivity contribution >= 4 is 17.6 Å². The number of nitriles is 1. The largest absolute Gasteiger partial charge is 0.486 e. The van der Waals surface area contributed by atoms with Gasteiger partial charge < -0.3 is 29.4 Å². The Bertz CT molecular complexity index is 1280. The summed E-state index contributed by atoms with van der Waals surface area (Å²) in [6.07, 6.45) is -0.342. The molecule has 2 atom stereocenters. The maximum absolute atomic E-state index is 13.2. The first-order valence-electron chi connectivity index (χ1n) is 11.0. The molecule has 36 heavy (non-hydrogen) atoms. The van der Waals surface area contributed by atoms with Crippen molar-refractivity contribution in [2.75, 3.05) is 39.4 Å². The third-order valence-corrected chi connectivity index (χ3v) is 5.87. The van der Waals surface area contributed by atoms with Crippen LogP contribution in [0, 0.1) is 11.3 Å². The molecule has 4 rings (SSSR count). The molecule has 2 heterocycles. The number of allylic oxidation sites excluding steroid dienone is 1. The van der Waals surface area contributed by atoms with Crippen molar-refractivity contribution in [3.05, 3.63) is 76.8 Å². The van der Waals surface area contributed by atoms with Gasteiger partial charge in [0.25, 0.3) is 0 Å². The molecule has 2 aliphatic rings. The summed E-state index contributed by atoms with van der Waals surface area (Å²) in [5.41, 5.74) is 7.30. The van der Waals surface area contributed by atoms with Crippen molar-refractivity contribution in [1.29, 1.82) is 5.26 Å². The Morgan fingerprint density at radius 3 is 2.44 bits per heavy atom. The Kier molecular flexibility index (Phi) is 7.12. The monoisotopic (exact) mass is 491 g/mol. The van der Waals surface area contributed by atoms with E-state index in [1.807, 2.05) is 0 Å². The molecule has 0 amide bonds. The number of fused-ring (bicyclic) bond motifs is 1. The number of esters is 2. The van der Waals surface area contributed by atoms with Gasteiger partial charge in [0.2, 0.25) is 0 Å². The average Bonchev–Trinajstić information content (AvgIpc) is 2.91. The molecule has 0 saturated carbocycles. The van der Waals surface area contributed by atoms with Gasteiger partial charge in [0, 0.05) is 13.2 Å². The molecule has 186 valence electrons. The minimum atomic E-state index is -0.947. The number of methoxy groups -OCH3 is 3. The number of hydrogen-bond acceptors (Lipinski definition) is 10. The van der Waals surface area contributed by atoms with Crippen LogP contribution in [0.1, 0.15) is 11.5 Å².